The molecule has 0 saturated carbocycles. The minimum atomic E-state index is -4.06. The van der Waals surface area contributed by atoms with E-state index in [1.165, 1.54) is 45.6 Å². The zero-order valence-electron chi connectivity index (χ0n) is 18.7. The minimum Gasteiger partial charge on any atom is -0.456 e. The lowest BCUT2D eigenvalue weighted by atomic mass is 10.2. The lowest BCUT2D eigenvalue weighted by Gasteiger charge is -2.34. The van der Waals surface area contributed by atoms with Gasteiger partial charge in [0.2, 0.25) is 10.0 Å². The highest BCUT2D eigenvalue weighted by atomic mass is 35.5. The van der Waals surface area contributed by atoms with Gasteiger partial charge in [-0.25, -0.2) is 12.8 Å². The molecule has 1 aliphatic heterocycles. The number of aryl methyl sites for hydroxylation is 1. The Bertz CT molecular complexity index is 1410. The van der Waals surface area contributed by atoms with E-state index in [9.17, 15) is 22.9 Å². The standard InChI is InChI=1S/C25H21ClFN3O4S/c1-17-11-20(26)15-22(12-17)34-23-6-5-18(16-28)13-24(23)35(32,33)30-9-7-29(8-10-30)25(31)19-3-2-4-21(27)14-19/h2-6,11-15H,7-10H2,1H3. The first-order chi connectivity index (χ1) is 16.7. The van der Waals surface area contributed by atoms with Crippen LogP contribution in [0.25, 0.3) is 0 Å². The van der Waals surface area contributed by atoms with Gasteiger partial charge in [0.15, 0.2) is 0 Å². The van der Waals surface area contributed by atoms with Crippen molar-refractivity contribution >= 4 is 27.5 Å². The number of nitrogens with zero attached hydrogens (tertiary/aromatic N) is 3. The minimum absolute atomic E-state index is 0.0376. The Hall–Kier alpha value is -3.45. The van der Waals surface area contributed by atoms with Crippen LogP contribution in [0, 0.1) is 24.1 Å². The molecule has 7 nitrogen and oxygen atoms in total. The fourth-order valence-electron chi connectivity index (χ4n) is 3.83. The maximum Gasteiger partial charge on any atom is 0.254 e. The first-order valence-corrected chi connectivity index (χ1v) is 12.5. The Morgan fingerprint density at radius 1 is 1.06 bits per heavy atom. The molecule has 3 aromatic carbocycles. The molecular weight excluding hydrogens is 493 g/mol. The van der Waals surface area contributed by atoms with Crippen molar-refractivity contribution < 1.29 is 22.3 Å². The second-order valence-corrected chi connectivity index (χ2v) is 10.4. The fraction of sp³-hybridized carbons (Fsp3) is 0.200. The highest BCUT2D eigenvalue weighted by Gasteiger charge is 2.33. The van der Waals surface area contributed by atoms with Crippen molar-refractivity contribution in [2.45, 2.75) is 11.8 Å². The number of rotatable bonds is 5. The number of piperazine rings is 1. The lowest BCUT2D eigenvalue weighted by Crippen LogP contribution is -2.50. The van der Waals surface area contributed by atoms with Gasteiger partial charge >= 0.3 is 0 Å². The van der Waals surface area contributed by atoms with Gasteiger partial charge in [-0.2, -0.15) is 9.57 Å². The van der Waals surface area contributed by atoms with E-state index < -0.39 is 15.8 Å². The zero-order chi connectivity index (χ0) is 25.2. The molecule has 0 spiro atoms. The van der Waals surface area contributed by atoms with E-state index in [-0.39, 0.29) is 53.9 Å². The second kappa shape index (κ2) is 10.0. The summed E-state index contributed by atoms with van der Waals surface area (Å²) in [5.41, 5.74) is 1.21. The van der Waals surface area contributed by atoms with Crippen molar-refractivity contribution in [3.05, 3.63) is 88.2 Å². The summed E-state index contributed by atoms with van der Waals surface area (Å²) in [7, 11) is -4.06. The van der Waals surface area contributed by atoms with Gasteiger partial charge in [0.05, 0.1) is 11.6 Å². The van der Waals surface area contributed by atoms with Crippen molar-refractivity contribution in [3.63, 3.8) is 0 Å². The van der Waals surface area contributed by atoms with Crippen LogP contribution in [0.2, 0.25) is 5.02 Å². The molecule has 0 N–H and O–H groups in total. The fourth-order valence-corrected chi connectivity index (χ4v) is 5.67. The number of hydrogen-bond donors (Lipinski definition) is 0. The topological polar surface area (TPSA) is 90.7 Å². The number of sulfonamides is 1. The van der Waals surface area contributed by atoms with Crippen molar-refractivity contribution in [3.8, 4) is 17.6 Å². The lowest BCUT2D eigenvalue weighted by molar-refractivity contribution is 0.0697. The average Bonchev–Trinajstić information content (AvgIpc) is 2.83. The number of carbonyl (C=O) groups is 1. The third-order valence-corrected chi connectivity index (χ3v) is 7.67. The summed E-state index contributed by atoms with van der Waals surface area (Å²) in [5.74, 6) is -0.462. The molecule has 1 fully saturated rings. The number of ether oxygens (including phenoxy) is 1. The summed E-state index contributed by atoms with van der Waals surface area (Å²) < 4.78 is 47.7. The molecule has 0 unspecified atom stereocenters. The molecular formula is C25H21ClFN3O4S. The molecule has 0 atom stereocenters. The Morgan fingerprint density at radius 2 is 1.80 bits per heavy atom. The molecule has 1 saturated heterocycles. The van der Waals surface area contributed by atoms with Crippen LogP contribution in [0.5, 0.6) is 11.5 Å². The molecule has 3 aromatic rings. The van der Waals surface area contributed by atoms with Crippen LogP contribution in [-0.4, -0.2) is 49.7 Å². The van der Waals surface area contributed by atoms with Crippen LogP contribution in [0.15, 0.2) is 65.6 Å². The molecule has 1 amide bonds. The highest BCUT2D eigenvalue weighted by Crippen LogP contribution is 2.33. The number of amides is 1. The van der Waals surface area contributed by atoms with E-state index in [2.05, 4.69) is 0 Å². The Labute approximate surface area is 208 Å². The Morgan fingerprint density at radius 3 is 2.46 bits per heavy atom. The predicted molar refractivity (Wildman–Crippen MR) is 128 cm³/mol. The number of hydrogen-bond acceptors (Lipinski definition) is 5. The first-order valence-electron chi connectivity index (χ1n) is 10.7. The molecule has 0 aliphatic carbocycles. The first kappa shape index (κ1) is 24.7. The van der Waals surface area contributed by atoms with Gasteiger partial charge in [-0.15, -0.1) is 0 Å². The van der Waals surface area contributed by atoms with E-state index in [1.807, 2.05) is 13.0 Å². The Balaban J connectivity index is 1.57. The predicted octanol–water partition coefficient (Wildman–Crippen LogP) is 4.60. The van der Waals surface area contributed by atoms with Crippen LogP contribution in [-0.2, 0) is 10.0 Å². The van der Waals surface area contributed by atoms with E-state index in [1.54, 1.807) is 18.2 Å². The van der Waals surface area contributed by atoms with Crippen LogP contribution < -0.4 is 4.74 Å². The van der Waals surface area contributed by atoms with E-state index >= 15 is 0 Å². The second-order valence-electron chi connectivity index (χ2n) is 8.05. The van der Waals surface area contributed by atoms with E-state index in [0.29, 0.717) is 10.8 Å². The third-order valence-electron chi connectivity index (χ3n) is 5.53. The maximum atomic E-state index is 13.5. The van der Waals surface area contributed by atoms with Crippen molar-refractivity contribution in [2.75, 3.05) is 26.2 Å². The number of halogens is 2. The number of nitriles is 1. The molecule has 0 bridgehead atoms. The normalized spacial score (nSPS) is 14.4. The van der Waals surface area contributed by atoms with Crippen molar-refractivity contribution in [2.24, 2.45) is 0 Å². The molecule has 1 aliphatic rings. The molecule has 1 heterocycles. The number of benzene rings is 3. The van der Waals surface area contributed by atoms with E-state index in [4.69, 9.17) is 16.3 Å². The zero-order valence-corrected chi connectivity index (χ0v) is 20.3. The van der Waals surface area contributed by atoms with Crippen LogP contribution in [0.1, 0.15) is 21.5 Å². The Kier molecular flexibility index (Phi) is 7.08. The third kappa shape index (κ3) is 5.46. The van der Waals surface area contributed by atoms with Crippen LogP contribution in [0.4, 0.5) is 4.39 Å². The summed E-state index contributed by atoms with van der Waals surface area (Å²) in [6.07, 6.45) is 0. The molecule has 0 radical (unpaired) electrons. The van der Waals surface area contributed by atoms with Crippen LogP contribution >= 0.6 is 11.6 Å². The van der Waals surface area contributed by atoms with E-state index in [0.717, 1.165) is 11.6 Å². The summed E-state index contributed by atoms with van der Waals surface area (Å²) in [4.78, 5) is 14.0. The highest BCUT2D eigenvalue weighted by molar-refractivity contribution is 7.89. The van der Waals surface area contributed by atoms with Crippen molar-refractivity contribution in [1.29, 1.82) is 5.26 Å². The molecule has 180 valence electrons. The van der Waals surface area contributed by atoms with Gasteiger partial charge in [-0.05, 0) is 67.1 Å². The monoisotopic (exact) mass is 513 g/mol. The number of carbonyl (C=O) groups excluding carboxylic acids is 1. The van der Waals surface area contributed by atoms with Crippen molar-refractivity contribution in [1.82, 2.24) is 9.21 Å². The average molecular weight is 514 g/mol. The summed E-state index contributed by atoms with van der Waals surface area (Å²) in [6, 6.07) is 16.5. The SMILES string of the molecule is Cc1cc(Cl)cc(Oc2ccc(C#N)cc2S(=O)(=O)N2CCN(C(=O)c3cccc(F)c3)CC2)c1. The largest absolute Gasteiger partial charge is 0.456 e. The van der Waals surface area contributed by atoms with Gasteiger partial charge in [0.25, 0.3) is 5.91 Å². The smallest absolute Gasteiger partial charge is 0.254 e. The van der Waals surface area contributed by atoms with Gasteiger partial charge in [0, 0.05) is 36.8 Å². The molecule has 4 rings (SSSR count). The molecule has 0 aromatic heterocycles. The van der Waals surface area contributed by atoms with Crippen LogP contribution in [0.3, 0.4) is 0 Å². The quantitative estimate of drug-likeness (QED) is 0.497. The van der Waals surface area contributed by atoms with Gasteiger partial charge in [-0.1, -0.05) is 17.7 Å². The summed E-state index contributed by atoms with van der Waals surface area (Å²) in [6.45, 7) is 2.18. The van der Waals surface area contributed by atoms with Gasteiger partial charge < -0.3 is 9.64 Å². The van der Waals surface area contributed by atoms with Gasteiger partial charge in [-0.3, -0.25) is 4.79 Å². The maximum absolute atomic E-state index is 13.5. The molecule has 35 heavy (non-hydrogen) atoms. The van der Waals surface area contributed by atoms with Gasteiger partial charge in [0.1, 0.15) is 22.2 Å². The summed E-state index contributed by atoms with van der Waals surface area (Å²) in [5, 5.41) is 9.77. The molecule has 10 heteroatoms. The summed E-state index contributed by atoms with van der Waals surface area (Å²) >= 11 is 6.11.